The number of nitrogens with zero attached hydrogens (tertiary/aromatic N) is 1. The number of amides is 3. The molecule has 0 aromatic heterocycles. The Morgan fingerprint density at radius 1 is 1.03 bits per heavy atom. The Bertz CT molecular complexity index is 865. The Hall–Kier alpha value is -3.35. The third-order valence-electron chi connectivity index (χ3n) is 4.58. The minimum absolute atomic E-state index is 0.0508. The van der Waals surface area contributed by atoms with E-state index in [1.165, 1.54) is 6.92 Å². The summed E-state index contributed by atoms with van der Waals surface area (Å²) in [5.41, 5.74) is 2.61. The smallest absolute Gasteiger partial charge is 0.251 e. The molecule has 0 fully saturated rings. The van der Waals surface area contributed by atoms with E-state index in [-0.39, 0.29) is 30.3 Å². The highest BCUT2D eigenvalue weighted by molar-refractivity contribution is 5.98. The first-order valence-electron chi connectivity index (χ1n) is 9.59. The van der Waals surface area contributed by atoms with Gasteiger partial charge >= 0.3 is 0 Å². The van der Waals surface area contributed by atoms with Crippen LogP contribution in [0.1, 0.15) is 37.6 Å². The quantitative estimate of drug-likeness (QED) is 0.639. The van der Waals surface area contributed by atoms with E-state index < -0.39 is 0 Å². The van der Waals surface area contributed by atoms with Crippen molar-refractivity contribution in [1.82, 2.24) is 5.32 Å². The standard InChI is InChI=1S/C22H28N4O3/c1-5-15(2)24-22(29)17-7-6-8-19(13-17)25-21(28)14-23-18-9-11-20(12-10-18)26(4)16(3)27/h6-13,15,23H,5,14H2,1-4H3,(H,24,29)(H,25,28). The van der Waals surface area contributed by atoms with Crippen molar-refractivity contribution in [2.24, 2.45) is 0 Å². The van der Waals surface area contributed by atoms with Crippen molar-refractivity contribution in [1.29, 1.82) is 0 Å². The van der Waals surface area contributed by atoms with Gasteiger partial charge in [-0.3, -0.25) is 14.4 Å². The monoisotopic (exact) mass is 396 g/mol. The van der Waals surface area contributed by atoms with Gasteiger partial charge in [0.25, 0.3) is 5.91 Å². The summed E-state index contributed by atoms with van der Waals surface area (Å²) in [7, 11) is 1.70. The summed E-state index contributed by atoms with van der Waals surface area (Å²) in [5, 5.41) is 8.73. The molecule has 1 atom stereocenters. The lowest BCUT2D eigenvalue weighted by molar-refractivity contribution is -0.116. The Balaban J connectivity index is 1.90. The van der Waals surface area contributed by atoms with Gasteiger partial charge in [-0.2, -0.15) is 0 Å². The van der Waals surface area contributed by atoms with Crippen LogP contribution in [0.4, 0.5) is 17.1 Å². The van der Waals surface area contributed by atoms with Crippen LogP contribution in [0.5, 0.6) is 0 Å². The van der Waals surface area contributed by atoms with Crippen LogP contribution in [-0.2, 0) is 9.59 Å². The minimum atomic E-state index is -0.227. The summed E-state index contributed by atoms with van der Waals surface area (Å²) >= 11 is 0. The highest BCUT2D eigenvalue weighted by Gasteiger charge is 2.10. The van der Waals surface area contributed by atoms with Gasteiger partial charge in [-0.1, -0.05) is 13.0 Å². The second kappa shape index (κ2) is 10.3. The molecule has 2 aromatic carbocycles. The minimum Gasteiger partial charge on any atom is -0.376 e. The predicted octanol–water partition coefficient (Wildman–Crippen LogP) is 3.25. The highest BCUT2D eigenvalue weighted by atomic mass is 16.2. The number of carbonyl (C=O) groups excluding carboxylic acids is 3. The molecule has 0 aliphatic carbocycles. The Labute approximate surface area is 171 Å². The van der Waals surface area contributed by atoms with Gasteiger partial charge < -0.3 is 20.9 Å². The van der Waals surface area contributed by atoms with Gasteiger partial charge in [0.05, 0.1) is 6.54 Å². The maximum Gasteiger partial charge on any atom is 0.251 e. The SMILES string of the molecule is CCC(C)NC(=O)c1cccc(NC(=O)CNc2ccc(N(C)C(C)=O)cc2)c1. The molecule has 2 aromatic rings. The van der Waals surface area contributed by atoms with Crippen molar-refractivity contribution in [2.75, 3.05) is 29.1 Å². The summed E-state index contributed by atoms with van der Waals surface area (Å²) in [4.78, 5) is 37.4. The van der Waals surface area contributed by atoms with Crippen molar-refractivity contribution in [3.05, 3.63) is 54.1 Å². The molecule has 29 heavy (non-hydrogen) atoms. The van der Waals surface area contributed by atoms with Crippen LogP contribution in [0.2, 0.25) is 0 Å². The molecule has 3 amide bonds. The Kier molecular flexibility index (Phi) is 7.77. The van der Waals surface area contributed by atoms with E-state index in [1.807, 2.05) is 26.0 Å². The van der Waals surface area contributed by atoms with Crippen LogP contribution in [-0.4, -0.2) is 37.4 Å². The fourth-order valence-electron chi connectivity index (χ4n) is 2.52. The molecule has 0 aliphatic heterocycles. The fraction of sp³-hybridized carbons (Fsp3) is 0.318. The van der Waals surface area contributed by atoms with E-state index in [0.717, 1.165) is 17.8 Å². The van der Waals surface area contributed by atoms with E-state index >= 15 is 0 Å². The number of carbonyl (C=O) groups is 3. The third-order valence-corrected chi connectivity index (χ3v) is 4.58. The Morgan fingerprint density at radius 3 is 2.34 bits per heavy atom. The maximum atomic E-state index is 12.2. The van der Waals surface area contributed by atoms with E-state index in [4.69, 9.17) is 0 Å². The molecule has 2 rings (SSSR count). The molecule has 0 heterocycles. The summed E-state index contributed by atoms with van der Waals surface area (Å²) < 4.78 is 0. The van der Waals surface area contributed by atoms with Gasteiger partial charge in [-0.25, -0.2) is 0 Å². The second-order valence-electron chi connectivity index (χ2n) is 6.89. The van der Waals surface area contributed by atoms with Crippen molar-refractivity contribution in [3.63, 3.8) is 0 Å². The molecule has 154 valence electrons. The Morgan fingerprint density at radius 2 is 1.72 bits per heavy atom. The van der Waals surface area contributed by atoms with Crippen LogP contribution >= 0.6 is 0 Å². The first-order chi connectivity index (χ1) is 13.8. The number of hydrogen-bond acceptors (Lipinski definition) is 4. The van der Waals surface area contributed by atoms with Crippen LogP contribution in [0.25, 0.3) is 0 Å². The molecule has 0 radical (unpaired) electrons. The summed E-state index contributed by atoms with van der Waals surface area (Å²) in [6.07, 6.45) is 0.847. The lowest BCUT2D eigenvalue weighted by atomic mass is 10.1. The molecule has 7 nitrogen and oxygen atoms in total. The number of hydrogen-bond donors (Lipinski definition) is 3. The third kappa shape index (κ3) is 6.64. The lowest BCUT2D eigenvalue weighted by Gasteiger charge is -2.15. The topological polar surface area (TPSA) is 90.5 Å². The predicted molar refractivity (Wildman–Crippen MR) is 116 cm³/mol. The molecule has 7 heteroatoms. The zero-order valence-electron chi connectivity index (χ0n) is 17.3. The van der Waals surface area contributed by atoms with Crippen molar-refractivity contribution >= 4 is 34.8 Å². The first kappa shape index (κ1) is 21.9. The summed E-state index contributed by atoms with van der Waals surface area (Å²) in [5.74, 6) is -0.441. The normalized spacial score (nSPS) is 11.3. The summed E-state index contributed by atoms with van der Waals surface area (Å²) in [6, 6.07) is 14.2. The van der Waals surface area contributed by atoms with E-state index in [2.05, 4.69) is 16.0 Å². The summed E-state index contributed by atoms with van der Waals surface area (Å²) in [6.45, 7) is 5.52. The van der Waals surface area contributed by atoms with Crippen LogP contribution < -0.4 is 20.9 Å². The lowest BCUT2D eigenvalue weighted by Crippen LogP contribution is -2.32. The largest absolute Gasteiger partial charge is 0.376 e. The highest BCUT2D eigenvalue weighted by Crippen LogP contribution is 2.17. The molecular formula is C22H28N4O3. The average Bonchev–Trinajstić information content (AvgIpc) is 2.72. The molecule has 3 N–H and O–H groups in total. The van der Waals surface area contributed by atoms with Gasteiger partial charge in [0.15, 0.2) is 0 Å². The molecule has 0 aliphatic rings. The molecule has 1 unspecified atom stereocenters. The first-order valence-corrected chi connectivity index (χ1v) is 9.59. The number of anilines is 3. The number of benzene rings is 2. The van der Waals surface area contributed by atoms with Gasteiger partial charge in [0, 0.05) is 42.6 Å². The van der Waals surface area contributed by atoms with E-state index in [0.29, 0.717) is 11.3 Å². The van der Waals surface area contributed by atoms with Crippen molar-refractivity contribution < 1.29 is 14.4 Å². The molecule has 0 spiro atoms. The van der Waals surface area contributed by atoms with Gasteiger partial charge in [-0.15, -0.1) is 0 Å². The zero-order chi connectivity index (χ0) is 21.4. The number of rotatable bonds is 8. The van der Waals surface area contributed by atoms with Gasteiger partial charge in [0.2, 0.25) is 11.8 Å². The maximum absolute atomic E-state index is 12.2. The van der Waals surface area contributed by atoms with E-state index in [9.17, 15) is 14.4 Å². The average molecular weight is 396 g/mol. The van der Waals surface area contributed by atoms with Crippen LogP contribution in [0.15, 0.2) is 48.5 Å². The number of nitrogens with one attached hydrogen (secondary N) is 3. The van der Waals surface area contributed by atoms with Crippen LogP contribution in [0.3, 0.4) is 0 Å². The van der Waals surface area contributed by atoms with E-state index in [1.54, 1.807) is 48.3 Å². The zero-order valence-corrected chi connectivity index (χ0v) is 17.3. The van der Waals surface area contributed by atoms with Gasteiger partial charge in [0.1, 0.15) is 0 Å². The van der Waals surface area contributed by atoms with Crippen molar-refractivity contribution in [2.45, 2.75) is 33.2 Å². The molecule has 0 saturated carbocycles. The second-order valence-corrected chi connectivity index (χ2v) is 6.89. The van der Waals surface area contributed by atoms with Gasteiger partial charge in [-0.05, 0) is 55.8 Å². The molecule has 0 bridgehead atoms. The molecular weight excluding hydrogens is 368 g/mol. The van der Waals surface area contributed by atoms with Crippen molar-refractivity contribution in [3.8, 4) is 0 Å². The fourth-order valence-corrected chi connectivity index (χ4v) is 2.52. The van der Waals surface area contributed by atoms with Crippen LogP contribution in [0, 0.1) is 0 Å². The molecule has 0 saturated heterocycles.